The molecule has 0 saturated carbocycles. The molecule has 0 bridgehead atoms. The van der Waals surface area contributed by atoms with Crippen LogP contribution in [-0.2, 0) is 0 Å². The van der Waals surface area contributed by atoms with Gasteiger partial charge in [0.1, 0.15) is 0 Å². The van der Waals surface area contributed by atoms with Gasteiger partial charge in [-0.2, -0.15) is 0 Å². The summed E-state index contributed by atoms with van der Waals surface area (Å²) in [5.74, 6) is -0.423. The maximum absolute atomic E-state index is 12.7. The number of rotatable bonds is 5. The second-order valence-electron chi connectivity index (χ2n) is 6.60. The van der Waals surface area contributed by atoms with Crippen LogP contribution in [0.1, 0.15) is 44.8 Å². The summed E-state index contributed by atoms with van der Waals surface area (Å²) in [6.45, 7) is 3.80. The minimum atomic E-state index is -0.212. The highest BCUT2D eigenvalue weighted by Crippen LogP contribution is 2.20. The standard InChI is InChI=1S/C23H21ClN2O2/c1-15-8-9-19(14-21(15)26-22(27)18-6-4-3-5-7-18)23(28)25-16(2)17-10-12-20(24)13-11-17/h3-14,16H,1-2H3,(H,25,28)(H,26,27). The smallest absolute Gasteiger partial charge is 0.255 e. The molecule has 0 saturated heterocycles. The maximum atomic E-state index is 12.7. The molecule has 0 radical (unpaired) electrons. The number of hydrogen-bond acceptors (Lipinski definition) is 2. The molecule has 3 rings (SSSR count). The molecule has 4 nitrogen and oxygen atoms in total. The van der Waals surface area contributed by atoms with Crippen molar-refractivity contribution in [3.05, 3.63) is 100 Å². The number of nitrogens with one attached hydrogen (secondary N) is 2. The first kappa shape index (κ1) is 19.6. The van der Waals surface area contributed by atoms with Crippen molar-refractivity contribution in [3.63, 3.8) is 0 Å². The molecule has 28 heavy (non-hydrogen) atoms. The molecule has 3 aromatic rings. The fraction of sp³-hybridized carbons (Fsp3) is 0.130. The lowest BCUT2D eigenvalue weighted by Crippen LogP contribution is -2.26. The van der Waals surface area contributed by atoms with Crippen molar-refractivity contribution >= 4 is 29.1 Å². The number of hydrogen-bond donors (Lipinski definition) is 2. The Morgan fingerprint density at radius 1 is 0.857 bits per heavy atom. The van der Waals surface area contributed by atoms with E-state index in [1.165, 1.54) is 0 Å². The summed E-state index contributed by atoms with van der Waals surface area (Å²) in [5.41, 5.74) is 3.50. The summed E-state index contributed by atoms with van der Waals surface area (Å²) >= 11 is 5.91. The Morgan fingerprint density at radius 3 is 2.21 bits per heavy atom. The van der Waals surface area contributed by atoms with E-state index in [2.05, 4.69) is 10.6 Å². The summed E-state index contributed by atoms with van der Waals surface area (Å²) in [5, 5.41) is 6.50. The minimum absolute atomic E-state index is 0.173. The van der Waals surface area contributed by atoms with Gasteiger partial charge in [-0.3, -0.25) is 9.59 Å². The number of aryl methyl sites for hydroxylation is 1. The Labute approximate surface area is 169 Å². The van der Waals surface area contributed by atoms with Crippen molar-refractivity contribution in [1.82, 2.24) is 5.32 Å². The molecule has 1 unspecified atom stereocenters. The van der Waals surface area contributed by atoms with Gasteiger partial charge in [0.2, 0.25) is 0 Å². The highest BCUT2D eigenvalue weighted by molar-refractivity contribution is 6.30. The van der Waals surface area contributed by atoms with E-state index >= 15 is 0 Å². The van der Waals surface area contributed by atoms with Crippen LogP contribution in [0.25, 0.3) is 0 Å². The third-order valence-corrected chi connectivity index (χ3v) is 4.75. The number of carbonyl (C=O) groups excluding carboxylic acids is 2. The SMILES string of the molecule is Cc1ccc(C(=O)NC(C)c2ccc(Cl)cc2)cc1NC(=O)c1ccccc1. The van der Waals surface area contributed by atoms with Crippen LogP contribution in [0.3, 0.4) is 0 Å². The van der Waals surface area contributed by atoms with E-state index in [4.69, 9.17) is 11.6 Å². The highest BCUT2D eigenvalue weighted by Gasteiger charge is 2.14. The molecule has 2 amide bonds. The fourth-order valence-electron chi connectivity index (χ4n) is 2.80. The first-order valence-corrected chi connectivity index (χ1v) is 9.35. The van der Waals surface area contributed by atoms with Crippen molar-refractivity contribution in [3.8, 4) is 0 Å². The lowest BCUT2D eigenvalue weighted by Gasteiger charge is -2.16. The van der Waals surface area contributed by atoms with E-state index in [0.29, 0.717) is 21.8 Å². The van der Waals surface area contributed by atoms with Gasteiger partial charge in [0, 0.05) is 21.8 Å². The fourth-order valence-corrected chi connectivity index (χ4v) is 2.92. The van der Waals surface area contributed by atoms with Crippen molar-refractivity contribution in [2.75, 3.05) is 5.32 Å². The Morgan fingerprint density at radius 2 is 1.54 bits per heavy atom. The summed E-state index contributed by atoms with van der Waals surface area (Å²) in [6, 6.07) is 21.4. The van der Waals surface area contributed by atoms with Crippen molar-refractivity contribution in [1.29, 1.82) is 0 Å². The molecule has 0 aliphatic heterocycles. The summed E-state index contributed by atoms with van der Waals surface area (Å²) < 4.78 is 0. The molecule has 5 heteroatoms. The van der Waals surface area contributed by atoms with Gasteiger partial charge in [-0.1, -0.05) is 48.0 Å². The van der Waals surface area contributed by atoms with Crippen molar-refractivity contribution < 1.29 is 9.59 Å². The molecule has 0 aliphatic rings. The predicted octanol–water partition coefficient (Wildman–Crippen LogP) is 5.39. The van der Waals surface area contributed by atoms with Gasteiger partial charge in [-0.05, 0) is 61.4 Å². The summed E-state index contributed by atoms with van der Waals surface area (Å²) in [4.78, 5) is 25.1. The second kappa shape index (κ2) is 8.72. The Hall–Kier alpha value is -3.11. The molecule has 0 spiro atoms. The zero-order chi connectivity index (χ0) is 20.1. The quantitative estimate of drug-likeness (QED) is 0.611. The first-order chi connectivity index (χ1) is 13.4. The van der Waals surface area contributed by atoms with E-state index in [-0.39, 0.29) is 17.9 Å². The van der Waals surface area contributed by atoms with Gasteiger partial charge < -0.3 is 10.6 Å². The number of carbonyl (C=O) groups is 2. The van der Waals surface area contributed by atoms with Crippen LogP contribution in [0, 0.1) is 6.92 Å². The maximum Gasteiger partial charge on any atom is 0.255 e. The zero-order valence-electron chi connectivity index (χ0n) is 15.7. The summed E-state index contributed by atoms with van der Waals surface area (Å²) in [7, 11) is 0. The number of benzene rings is 3. The number of amides is 2. The molecular formula is C23H21ClN2O2. The Kier molecular flexibility index (Phi) is 6.12. The molecule has 0 aliphatic carbocycles. The lowest BCUT2D eigenvalue weighted by atomic mass is 10.1. The third kappa shape index (κ3) is 4.78. The average molecular weight is 393 g/mol. The minimum Gasteiger partial charge on any atom is -0.346 e. The van der Waals surface area contributed by atoms with Gasteiger partial charge in [0.05, 0.1) is 6.04 Å². The molecule has 3 aromatic carbocycles. The summed E-state index contributed by atoms with van der Waals surface area (Å²) in [6.07, 6.45) is 0. The van der Waals surface area contributed by atoms with Crippen LogP contribution in [0.15, 0.2) is 72.8 Å². The van der Waals surface area contributed by atoms with Gasteiger partial charge in [-0.25, -0.2) is 0 Å². The van der Waals surface area contributed by atoms with Crippen LogP contribution in [-0.4, -0.2) is 11.8 Å². The van der Waals surface area contributed by atoms with Gasteiger partial charge in [0.25, 0.3) is 11.8 Å². The van der Waals surface area contributed by atoms with Crippen LogP contribution < -0.4 is 10.6 Å². The average Bonchev–Trinajstić information content (AvgIpc) is 2.70. The topological polar surface area (TPSA) is 58.2 Å². The van der Waals surface area contributed by atoms with Crippen molar-refractivity contribution in [2.45, 2.75) is 19.9 Å². The van der Waals surface area contributed by atoms with Gasteiger partial charge in [-0.15, -0.1) is 0 Å². The van der Waals surface area contributed by atoms with E-state index in [0.717, 1.165) is 11.1 Å². The van der Waals surface area contributed by atoms with E-state index in [1.807, 2.05) is 50.2 Å². The zero-order valence-corrected chi connectivity index (χ0v) is 16.5. The molecule has 2 N–H and O–H groups in total. The largest absolute Gasteiger partial charge is 0.346 e. The molecule has 0 aromatic heterocycles. The van der Waals surface area contributed by atoms with E-state index < -0.39 is 0 Å². The second-order valence-corrected chi connectivity index (χ2v) is 7.03. The molecule has 142 valence electrons. The highest BCUT2D eigenvalue weighted by atomic mass is 35.5. The van der Waals surface area contributed by atoms with Crippen LogP contribution >= 0.6 is 11.6 Å². The molecule has 0 heterocycles. The van der Waals surface area contributed by atoms with Crippen LogP contribution in [0.2, 0.25) is 5.02 Å². The lowest BCUT2D eigenvalue weighted by molar-refractivity contribution is 0.0938. The van der Waals surface area contributed by atoms with Gasteiger partial charge >= 0.3 is 0 Å². The van der Waals surface area contributed by atoms with E-state index in [9.17, 15) is 9.59 Å². The molecule has 0 fully saturated rings. The molecular weight excluding hydrogens is 372 g/mol. The first-order valence-electron chi connectivity index (χ1n) is 8.97. The van der Waals surface area contributed by atoms with Crippen LogP contribution in [0.5, 0.6) is 0 Å². The third-order valence-electron chi connectivity index (χ3n) is 4.50. The number of halogens is 1. The monoisotopic (exact) mass is 392 g/mol. The Bertz CT molecular complexity index is 985. The molecule has 1 atom stereocenters. The predicted molar refractivity (Wildman–Crippen MR) is 113 cm³/mol. The van der Waals surface area contributed by atoms with Crippen molar-refractivity contribution in [2.24, 2.45) is 0 Å². The number of anilines is 1. The normalized spacial score (nSPS) is 11.5. The van der Waals surface area contributed by atoms with Gasteiger partial charge in [0.15, 0.2) is 0 Å². The Balaban J connectivity index is 1.73. The van der Waals surface area contributed by atoms with Crippen LogP contribution in [0.4, 0.5) is 5.69 Å². The van der Waals surface area contributed by atoms with E-state index in [1.54, 1.807) is 36.4 Å².